The van der Waals surface area contributed by atoms with Crippen LogP contribution in [0.5, 0.6) is 0 Å². The number of nitrogens with zero attached hydrogens (tertiary/aromatic N) is 1. The second kappa shape index (κ2) is 5.30. The van der Waals surface area contributed by atoms with Crippen molar-refractivity contribution >= 4 is 28.6 Å². The molecule has 0 fully saturated rings. The van der Waals surface area contributed by atoms with Crippen LogP contribution in [0, 0.1) is 0 Å². The van der Waals surface area contributed by atoms with Gasteiger partial charge in [-0.05, 0) is 53.8 Å². The normalized spacial score (nSPS) is 11.0. The Balaban J connectivity index is 2.20. The number of hydrogen-bond acceptors (Lipinski definition) is 2. The second-order valence-corrected chi connectivity index (χ2v) is 5.83. The van der Waals surface area contributed by atoms with Crippen LogP contribution in [0.4, 0.5) is 0 Å². The van der Waals surface area contributed by atoms with E-state index in [9.17, 15) is 4.79 Å². The molecule has 2 N–H and O–H groups in total. The molecular formula is C17H16N2OS. The molecule has 0 aliphatic carbocycles. The summed E-state index contributed by atoms with van der Waals surface area (Å²) in [6.07, 6.45) is 4.08. The van der Waals surface area contributed by atoms with Crippen LogP contribution in [0.25, 0.3) is 22.0 Å². The van der Waals surface area contributed by atoms with Gasteiger partial charge in [-0.15, -0.1) is 11.8 Å². The lowest BCUT2D eigenvalue weighted by Gasteiger charge is -2.10. The maximum absolute atomic E-state index is 11.4. The maximum Gasteiger partial charge on any atom is 0.248 e. The minimum Gasteiger partial charge on any atom is -0.366 e. The Morgan fingerprint density at radius 2 is 1.95 bits per heavy atom. The molecular weight excluding hydrogens is 280 g/mol. The fraction of sp³-hybridized carbons (Fsp3) is 0.118. The van der Waals surface area contributed by atoms with Gasteiger partial charge < -0.3 is 10.3 Å². The highest BCUT2D eigenvalue weighted by atomic mass is 32.2. The molecule has 0 atom stereocenters. The summed E-state index contributed by atoms with van der Waals surface area (Å²) in [4.78, 5) is 12.5. The molecule has 3 aromatic rings. The average Bonchev–Trinajstić information content (AvgIpc) is 2.87. The molecule has 0 saturated carbocycles. The Bertz CT molecular complexity index is 836. The quantitative estimate of drug-likeness (QED) is 0.750. The number of primary amides is 1. The molecule has 3 nitrogen and oxygen atoms in total. The maximum atomic E-state index is 11.4. The number of aryl methyl sites for hydroxylation is 1. The Hall–Kier alpha value is -2.20. The van der Waals surface area contributed by atoms with Crippen molar-refractivity contribution in [2.75, 3.05) is 6.26 Å². The number of benzene rings is 2. The number of aromatic nitrogens is 1. The summed E-state index contributed by atoms with van der Waals surface area (Å²) in [5.74, 6) is -0.398. The van der Waals surface area contributed by atoms with E-state index in [0.29, 0.717) is 5.56 Å². The lowest BCUT2D eigenvalue weighted by Crippen LogP contribution is -2.10. The number of hydrogen-bond donors (Lipinski definition) is 1. The average molecular weight is 296 g/mol. The number of amides is 1. The highest BCUT2D eigenvalue weighted by Crippen LogP contribution is 2.33. The van der Waals surface area contributed by atoms with E-state index in [2.05, 4.69) is 28.8 Å². The van der Waals surface area contributed by atoms with Gasteiger partial charge in [-0.2, -0.15) is 0 Å². The largest absolute Gasteiger partial charge is 0.366 e. The van der Waals surface area contributed by atoms with Crippen LogP contribution in [0.1, 0.15) is 10.4 Å². The van der Waals surface area contributed by atoms with E-state index in [1.807, 2.05) is 31.6 Å². The SMILES string of the molecule is CSc1ccc(C(N)=O)cc1-c1ccc2c(ccn2C)c1. The zero-order valence-electron chi connectivity index (χ0n) is 12.0. The molecule has 0 aliphatic rings. The van der Waals surface area contributed by atoms with Crippen LogP contribution in [0.15, 0.2) is 53.6 Å². The van der Waals surface area contributed by atoms with Crippen molar-refractivity contribution in [1.29, 1.82) is 0 Å². The third-order valence-electron chi connectivity index (χ3n) is 3.68. The first-order valence-electron chi connectivity index (χ1n) is 6.63. The van der Waals surface area contributed by atoms with Gasteiger partial charge in [-0.25, -0.2) is 0 Å². The molecule has 0 aliphatic heterocycles. The second-order valence-electron chi connectivity index (χ2n) is 4.98. The van der Waals surface area contributed by atoms with Gasteiger partial charge in [0.1, 0.15) is 0 Å². The standard InChI is InChI=1S/C17H16N2OS/c1-19-8-7-12-9-11(3-5-15(12)19)14-10-13(17(18)20)4-6-16(14)21-2/h3-10H,1-2H3,(H2,18,20). The molecule has 3 rings (SSSR count). The van der Waals surface area contributed by atoms with Crippen LogP contribution >= 0.6 is 11.8 Å². The van der Waals surface area contributed by atoms with Crippen LogP contribution in [0.2, 0.25) is 0 Å². The fourth-order valence-electron chi connectivity index (χ4n) is 2.54. The van der Waals surface area contributed by atoms with Crippen molar-refractivity contribution < 1.29 is 4.79 Å². The topological polar surface area (TPSA) is 48.0 Å². The van der Waals surface area contributed by atoms with E-state index in [4.69, 9.17) is 5.73 Å². The Morgan fingerprint density at radius 1 is 1.14 bits per heavy atom. The number of thioether (sulfide) groups is 1. The van der Waals surface area contributed by atoms with Crippen molar-refractivity contribution in [2.45, 2.75) is 4.90 Å². The summed E-state index contributed by atoms with van der Waals surface area (Å²) in [7, 11) is 2.03. The van der Waals surface area contributed by atoms with Crippen LogP contribution < -0.4 is 5.73 Å². The van der Waals surface area contributed by atoms with Crippen LogP contribution in [-0.4, -0.2) is 16.7 Å². The highest BCUT2D eigenvalue weighted by Gasteiger charge is 2.10. The van der Waals surface area contributed by atoms with Gasteiger partial charge in [0.05, 0.1) is 0 Å². The molecule has 1 heterocycles. The van der Waals surface area contributed by atoms with E-state index in [0.717, 1.165) is 16.0 Å². The molecule has 0 bridgehead atoms. The minimum atomic E-state index is -0.398. The van der Waals surface area contributed by atoms with Gasteiger partial charge >= 0.3 is 0 Å². The molecule has 1 aromatic heterocycles. The summed E-state index contributed by atoms with van der Waals surface area (Å²) in [5.41, 5.74) is 9.27. The minimum absolute atomic E-state index is 0.398. The van der Waals surface area contributed by atoms with Gasteiger partial charge in [0.25, 0.3) is 0 Å². The Labute approximate surface area is 127 Å². The van der Waals surface area contributed by atoms with Gasteiger partial charge in [0.15, 0.2) is 0 Å². The zero-order chi connectivity index (χ0) is 15.0. The van der Waals surface area contributed by atoms with Crippen molar-refractivity contribution in [3.05, 3.63) is 54.2 Å². The highest BCUT2D eigenvalue weighted by molar-refractivity contribution is 7.98. The van der Waals surface area contributed by atoms with Gasteiger partial charge in [-0.3, -0.25) is 4.79 Å². The third-order valence-corrected chi connectivity index (χ3v) is 4.48. The van der Waals surface area contributed by atoms with E-state index in [1.165, 1.54) is 10.9 Å². The number of nitrogens with two attached hydrogens (primary N) is 1. The first-order chi connectivity index (χ1) is 10.1. The summed E-state index contributed by atoms with van der Waals surface area (Å²) >= 11 is 1.66. The third kappa shape index (κ3) is 2.43. The van der Waals surface area contributed by atoms with Crippen molar-refractivity contribution in [3.63, 3.8) is 0 Å². The van der Waals surface area contributed by atoms with Crippen molar-refractivity contribution in [1.82, 2.24) is 4.57 Å². The lowest BCUT2D eigenvalue weighted by molar-refractivity contribution is 0.100. The van der Waals surface area contributed by atoms with Gasteiger partial charge in [0, 0.05) is 34.6 Å². The summed E-state index contributed by atoms with van der Waals surface area (Å²) < 4.78 is 2.09. The van der Waals surface area contributed by atoms with Crippen LogP contribution in [0.3, 0.4) is 0 Å². The molecule has 4 heteroatoms. The summed E-state index contributed by atoms with van der Waals surface area (Å²) in [6, 6.07) is 14.0. The van der Waals surface area contributed by atoms with E-state index >= 15 is 0 Å². The fourth-order valence-corrected chi connectivity index (χ4v) is 3.14. The molecule has 0 saturated heterocycles. The van der Waals surface area contributed by atoms with Gasteiger partial charge in [0.2, 0.25) is 5.91 Å². The van der Waals surface area contributed by atoms with Crippen molar-refractivity contribution in [2.24, 2.45) is 12.8 Å². The lowest BCUT2D eigenvalue weighted by atomic mass is 10.0. The van der Waals surface area contributed by atoms with E-state index in [1.54, 1.807) is 17.8 Å². The summed E-state index contributed by atoms with van der Waals surface area (Å²) in [6.45, 7) is 0. The van der Waals surface area contributed by atoms with E-state index in [-0.39, 0.29) is 0 Å². The monoisotopic (exact) mass is 296 g/mol. The Morgan fingerprint density at radius 3 is 2.67 bits per heavy atom. The first kappa shape index (κ1) is 13.8. The van der Waals surface area contributed by atoms with E-state index < -0.39 is 5.91 Å². The smallest absolute Gasteiger partial charge is 0.248 e. The van der Waals surface area contributed by atoms with Crippen molar-refractivity contribution in [3.8, 4) is 11.1 Å². The predicted octanol–water partition coefficient (Wildman–Crippen LogP) is 3.67. The molecule has 0 spiro atoms. The number of carbonyl (C=O) groups excluding carboxylic acids is 1. The van der Waals surface area contributed by atoms with Crippen LogP contribution in [-0.2, 0) is 7.05 Å². The number of carbonyl (C=O) groups is 1. The molecule has 21 heavy (non-hydrogen) atoms. The Kier molecular flexibility index (Phi) is 3.47. The van der Waals surface area contributed by atoms with Gasteiger partial charge in [-0.1, -0.05) is 6.07 Å². The summed E-state index contributed by atoms with van der Waals surface area (Å²) in [5, 5.41) is 1.19. The molecule has 0 radical (unpaired) electrons. The molecule has 0 unspecified atom stereocenters. The number of rotatable bonds is 3. The molecule has 106 valence electrons. The molecule has 2 aromatic carbocycles. The number of fused-ring (bicyclic) bond motifs is 1. The first-order valence-corrected chi connectivity index (χ1v) is 7.86. The predicted molar refractivity (Wildman–Crippen MR) is 88.7 cm³/mol. The molecule has 1 amide bonds. The zero-order valence-corrected chi connectivity index (χ0v) is 12.8.